The first-order valence-corrected chi connectivity index (χ1v) is 19.7. The molecule has 1 aromatic carbocycles. The van der Waals surface area contributed by atoms with Crippen LogP contribution in [-0.2, 0) is 32.0 Å². The fourth-order valence-electron chi connectivity index (χ4n) is 7.75. The monoisotopic (exact) mass is 733 g/mol. The minimum Gasteiger partial charge on any atom is -0.444 e. The van der Waals surface area contributed by atoms with Crippen molar-refractivity contribution in [3.8, 4) is 0 Å². The van der Waals surface area contributed by atoms with Gasteiger partial charge in [-0.15, -0.1) is 6.58 Å². The van der Waals surface area contributed by atoms with Gasteiger partial charge in [-0.25, -0.2) is 9.78 Å². The summed E-state index contributed by atoms with van der Waals surface area (Å²) in [6.07, 6.45) is 11.9. The van der Waals surface area contributed by atoms with Gasteiger partial charge in [0, 0.05) is 37.2 Å². The van der Waals surface area contributed by atoms with Gasteiger partial charge >= 0.3 is 6.09 Å². The number of aromatic amines is 1. The average Bonchev–Trinajstić information content (AvgIpc) is 3.83. The van der Waals surface area contributed by atoms with Crippen LogP contribution < -0.4 is 10.6 Å². The second-order valence-electron chi connectivity index (χ2n) is 16.5. The smallest absolute Gasteiger partial charge is 0.410 e. The first-order valence-electron chi connectivity index (χ1n) is 19.7. The molecule has 1 saturated heterocycles. The number of hydrogen-bond donors (Lipinski definition) is 4. The third kappa shape index (κ3) is 13.1. The van der Waals surface area contributed by atoms with Crippen molar-refractivity contribution in [3.63, 3.8) is 0 Å². The second-order valence-corrected chi connectivity index (χ2v) is 16.5. The molecule has 6 atom stereocenters. The first-order chi connectivity index (χ1) is 25.2. The SMILES string of the molecule is C=C[C@@H](C[C@H](O)[C@H](CC1CCCCC1)NC(=O)[C@H](Cc1cnc[nH]1)NC(=O)[C@H](CC(=O)[C@@H]1CCCN1C(=O)OC(C)(C)C)Cc1ccccc1)C(C)C. The maximum Gasteiger partial charge on any atom is 0.410 e. The first kappa shape index (κ1) is 41.8. The van der Waals surface area contributed by atoms with Crippen LogP contribution in [0, 0.1) is 23.7 Å². The van der Waals surface area contributed by atoms with E-state index in [0.29, 0.717) is 43.8 Å². The number of H-pyrrole nitrogens is 1. The van der Waals surface area contributed by atoms with E-state index in [1.165, 1.54) is 17.6 Å². The summed E-state index contributed by atoms with van der Waals surface area (Å²) in [6, 6.07) is 7.29. The van der Waals surface area contributed by atoms with Crippen molar-refractivity contribution in [1.82, 2.24) is 25.5 Å². The second kappa shape index (κ2) is 19.9. The maximum absolute atomic E-state index is 14.3. The van der Waals surface area contributed by atoms with Crippen LogP contribution in [0.5, 0.6) is 0 Å². The van der Waals surface area contributed by atoms with E-state index in [4.69, 9.17) is 4.74 Å². The number of benzene rings is 1. The molecule has 11 heteroatoms. The van der Waals surface area contributed by atoms with Crippen LogP contribution in [0.1, 0.15) is 110 Å². The number of likely N-dealkylation sites (tertiary alicyclic amines) is 1. The zero-order valence-electron chi connectivity index (χ0n) is 32.5. The molecule has 1 aliphatic carbocycles. The Kier molecular flexibility index (Phi) is 15.7. The molecule has 1 saturated carbocycles. The highest BCUT2D eigenvalue weighted by atomic mass is 16.6. The predicted molar refractivity (Wildman–Crippen MR) is 206 cm³/mol. The van der Waals surface area contributed by atoms with E-state index in [2.05, 4.69) is 41.0 Å². The molecule has 292 valence electrons. The van der Waals surface area contributed by atoms with Gasteiger partial charge in [-0.05, 0) is 76.2 Å². The molecule has 4 rings (SSSR count). The highest BCUT2D eigenvalue weighted by Crippen LogP contribution is 2.30. The molecule has 1 aliphatic heterocycles. The van der Waals surface area contributed by atoms with Gasteiger partial charge in [-0.1, -0.05) is 82.4 Å². The van der Waals surface area contributed by atoms with Crippen molar-refractivity contribution in [2.75, 3.05) is 6.54 Å². The zero-order chi connectivity index (χ0) is 38.5. The number of amides is 3. The van der Waals surface area contributed by atoms with Gasteiger partial charge in [0.1, 0.15) is 11.6 Å². The Morgan fingerprint density at radius 1 is 1.02 bits per heavy atom. The van der Waals surface area contributed by atoms with Gasteiger partial charge < -0.3 is 25.5 Å². The fourth-order valence-corrected chi connectivity index (χ4v) is 7.75. The molecule has 2 aromatic rings. The summed E-state index contributed by atoms with van der Waals surface area (Å²) in [4.78, 5) is 64.2. The predicted octanol–water partition coefficient (Wildman–Crippen LogP) is 6.32. The quantitative estimate of drug-likeness (QED) is 0.131. The Balaban J connectivity index is 1.56. The van der Waals surface area contributed by atoms with Crippen molar-refractivity contribution in [3.05, 3.63) is 66.8 Å². The lowest BCUT2D eigenvalue weighted by atomic mass is 9.81. The van der Waals surface area contributed by atoms with Gasteiger partial charge in [-0.2, -0.15) is 0 Å². The minimum atomic E-state index is -0.998. The van der Waals surface area contributed by atoms with Crippen molar-refractivity contribution in [1.29, 1.82) is 0 Å². The Morgan fingerprint density at radius 3 is 2.36 bits per heavy atom. The number of rotatable bonds is 18. The number of carbonyl (C=O) groups excluding carboxylic acids is 4. The summed E-state index contributed by atoms with van der Waals surface area (Å²) in [6.45, 7) is 14.0. The van der Waals surface area contributed by atoms with E-state index in [1.807, 2.05) is 36.4 Å². The van der Waals surface area contributed by atoms with Crippen LogP contribution in [0.25, 0.3) is 0 Å². The van der Waals surface area contributed by atoms with E-state index in [9.17, 15) is 24.3 Å². The number of ether oxygens (including phenoxy) is 1. The molecule has 0 bridgehead atoms. The molecule has 53 heavy (non-hydrogen) atoms. The Morgan fingerprint density at radius 2 is 1.74 bits per heavy atom. The van der Waals surface area contributed by atoms with E-state index in [0.717, 1.165) is 31.2 Å². The third-order valence-corrected chi connectivity index (χ3v) is 10.8. The van der Waals surface area contributed by atoms with Gasteiger partial charge in [0.15, 0.2) is 5.78 Å². The number of carbonyl (C=O) groups is 4. The summed E-state index contributed by atoms with van der Waals surface area (Å²) < 4.78 is 5.59. The summed E-state index contributed by atoms with van der Waals surface area (Å²) in [5, 5.41) is 17.8. The number of aliphatic hydroxyl groups excluding tert-OH is 1. The van der Waals surface area contributed by atoms with Crippen LogP contribution in [0.4, 0.5) is 4.79 Å². The number of aromatic nitrogens is 2. The zero-order valence-corrected chi connectivity index (χ0v) is 32.5. The lowest BCUT2D eigenvalue weighted by molar-refractivity contribution is -0.134. The van der Waals surface area contributed by atoms with Gasteiger partial charge in [0.2, 0.25) is 11.8 Å². The van der Waals surface area contributed by atoms with Gasteiger partial charge in [0.25, 0.3) is 0 Å². The summed E-state index contributed by atoms with van der Waals surface area (Å²) in [5.74, 6) is -1.09. The van der Waals surface area contributed by atoms with Crippen LogP contribution in [0.2, 0.25) is 0 Å². The van der Waals surface area contributed by atoms with Crippen molar-refractivity contribution in [2.45, 2.75) is 141 Å². The molecule has 3 amide bonds. The maximum atomic E-state index is 14.3. The molecule has 2 fully saturated rings. The average molecular weight is 734 g/mol. The lowest BCUT2D eigenvalue weighted by Gasteiger charge is -2.33. The minimum absolute atomic E-state index is 0.0821. The van der Waals surface area contributed by atoms with Crippen molar-refractivity contribution >= 4 is 23.7 Å². The Labute approximate surface area is 316 Å². The molecule has 4 N–H and O–H groups in total. The Bertz CT molecular complexity index is 1470. The van der Waals surface area contributed by atoms with Gasteiger partial charge in [-0.3, -0.25) is 19.3 Å². The number of aliphatic hydroxyl groups is 1. The summed E-state index contributed by atoms with van der Waals surface area (Å²) >= 11 is 0. The highest BCUT2D eigenvalue weighted by molar-refractivity contribution is 5.94. The standard InChI is InChI=1S/C42H63N5O6/c1-7-31(28(2)3)23-37(48)34(22-30-17-12-9-13-18-30)45-40(51)35(25-33-26-43-27-44-33)46-39(50)32(21-29-15-10-8-11-16-29)24-38(49)36-19-14-20-47(36)41(52)53-42(4,5)6/h7-8,10-11,15-16,26-28,30-32,34-37,48H,1,9,12-14,17-25H2,2-6H3,(H,43,44)(H,45,51)(H,46,50)/t31-,32-,34-,35-,36-,37-/m0/s1. The van der Waals surface area contributed by atoms with Crippen molar-refractivity contribution < 1.29 is 29.0 Å². The topological polar surface area (TPSA) is 154 Å². The third-order valence-electron chi connectivity index (χ3n) is 10.8. The molecule has 2 heterocycles. The molecule has 2 aliphatic rings. The molecule has 0 spiro atoms. The molecule has 0 unspecified atom stereocenters. The van der Waals surface area contributed by atoms with Crippen LogP contribution in [-0.4, -0.2) is 80.0 Å². The van der Waals surface area contributed by atoms with E-state index in [-0.39, 0.29) is 36.9 Å². The lowest BCUT2D eigenvalue weighted by Crippen LogP contribution is -2.55. The number of ketones is 1. The van der Waals surface area contributed by atoms with E-state index in [1.54, 1.807) is 27.0 Å². The molecule has 11 nitrogen and oxygen atoms in total. The van der Waals surface area contributed by atoms with E-state index >= 15 is 0 Å². The molecular weight excluding hydrogens is 670 g/mol. The number of Topliss-reactive ketones (excluding diaryl/α,β-unsaturated/α-hetero) is 1. The van der Waals surface area contributed by atoms with Crippen LogP contribution in [0.3, 0.4) is 0 Å². The number of allylic oxidation sites excluding steroid dienone is 1. The normalized spacial score (nSPS) is 19.5. The Hall–Kier alpha value is -3.99. The number of imidazole rings is 1. The largest absolute Gasteiger partial charge is 0.444 e. The van der Waals surface area contributed by atoms with Crippen molar-refractivity contribution in [2.24, 2.45) is 23.7 Å². The van der Waals surface area contributed by atoms with Crippen LogP contribution in [0.15, 0.2) is 55.5 Å². The number of nitrogens with zero attached hydrogens (tertiary/aromatic N) is 2. The molecule has 0 radical (unpaired) electrons. The number of nitrogens with one attached hydrogen (secondary N) is 3. The van der Waals surface area contributed by atoms with E-state index < -0.39 is 53.7 Å². The number of hydrogen-bond acceptors (Lipinski definition) is 7. The summed E-state index contributed by atoms with van der Waals surface area (Å²) in [7, 11) is 0. The molecule has 1 aromatic heterocycles. The highest BCUT2D eigenvalue weighted by Gasteiger charge is 2.39. The van der Waals surface area contributed by atoms with Gasteiger partial charge in [0.05, 0.1) is 24.5 Å². The summed E-state index contributed by atoms with van der Waals surface area (Å²) in [5.41, 5.74) is 0.833. The fraction of sp³-hybridized carbons (Fsp3) is 0.643. The van der Waals surface area contributed by atoms with Crippen LogP contribution >= 0.6 is 0 Å². The molecular formula is C42H63N5O6.